The van der Waals surface area contributed by atoms with Gasteiger partial charge in [0.25, 0.3) is 11.8 Å². The van der Waals surface area contributed by atoms with Crippen molar-refractivity contribution in [2.75, 3.05) is 6.26 Å². The van der Waals surface area contributed by atoms with Crippen molar-refractivity contribution in [3.63, 3.8) is 0 Å². The number of nitrogens with one attached hydrogen (secondary N) is 2. The average molecular weight is 407 g/mol. The van der Waals surface area contributed by atoms with Crippen LogP contribution < -0.4 is 10.9 Å². The zero-order chi connectivity index (χ0) is 19.6. The van der Waals surface area contributed by atoms with Gasteiger partial charge in [-0.25, -0.2) is 8.42 Å². The van der Waals surface area contributed by atoms with Crippen molar-refractivity contribution < 1.29 is 18.0 Å². The monoisotopic (exact) mass is 406 g/mol. The second kappa shape index (κ2) is 7.82. The summed E-state index contributed by atoms with van der Waals surface area (Å²) in [6.45, 7) is 2.21. The first-order valence-electron chi connectivity index (χ1n) is 8.70. The molecule has 0 aliphatic heterocycles. The molecule has 1 aromatic heterocycles. The Morgan fingerprint density at radius 3 is 2.48 bits per heavy atom. The normalized spacial score (nSPS) is 16.4. The first-order chi connectivity index (χ1) is 12.7. The number of aryl methyl sites for hydroxylation is 1. The predicted octanol–water partition coefficient (Wildman–Crippen LogP) is 2.49. The van der Waals surface area contributed by atoms with Crippen molar-refractivity contribution in [2.45, 2.75) is 31.9 Å². The van der Waals surface area contributed by atoms with Gasteiger partial charge in [-0.3, -0.25) is 20.4 Å². The molecule has 1 aromatic carbocycles. The first kappa shape index (κ1) is 19.6. The Bertz CT molecular complexity index is 962. The van der Waals surface area contributed by atoms with Crippen LogP contribution in [0.15, 0.2) is 30.3 Å². The van der Waals surface area contributed by atoms with Crippen LogP contribution in [0.5, 0.6) is 0 Å². The number of hydrogen-bond acceptors (Lipinski definition) is 5. The average Bonchev–Trinajstić information content (AvgIpc) is 3.01. The molecule has 1 aliphatic rings. The molecule has 0 radical (unpaired) electrons. The number of sulfone groups is 1. The van der Waals surface area contributed by atoms with Gasteiger partial charge in [0.05, 0.1) is 10.6 Å². The van der Waals surface area contributed by atoms with Crippen LogP contribution >= 0.6 is 11.3 Å². The lowest BCUT2D eigenvalue weighted by atomic mass is 9.90. The molecule has 0 saturated carbocycles. The van der Waals surface area contributed by atoms with E-state index in [0.717, 1.165) is 25.5 Å². The van der Waals surface area contributed by atoms with E-state index in [1.165, 1.54) is 33.9 Å². The molecular weight excluding hydrogens is 384 g/mol. The van der Waals surface area contributed by atoms with E-state index < -0.39 is 15.7 Å². The lowest BCUT2D eigenvalue weighted by Crippen LogP contribution is -2.41. The maximum atomic E-state index is 12.3. The summed E-state index contributed by atoms with van der Waals surface area (Å²) >= 11 is 1.48. The highest BCUT2D eigenvalue weighted by Crippen LogP contribution is 2.32. The van der Waals surface area contributed by atoms with Gasteiger partial charge in [0, 0.05) is 16.7 Å². The molecule has 0 saturated heterocycles. The van der Waals surface area contributed by atoms with Crippen LogP contribution in [0.4, 0.5) is 0 Å². The van der Waals surface area contributed by atoms with Crippen molar-refractivity contribution in [1.29, 1.82) is 0 Å². The van der Waals surface area contributed by atoms with Crippen molar-refractivity contribution in [3.8, 4) is 0 Å². The molecule has 1 unspecified atom stereocenters. The van der Waals surface area contributed by atoms with E-state index in [1.807, 2.05) is 6.07 Å². The van der Waals surface area contributed by atoms with Gasteiger partial charge in [0.2, 0.25) is 0 Å². The van der Waals surface area contributed by atoms with Crippen LogP contribution in [-0.2, 0) is 28.4 Å². The maximum Gasteiger partial charge on any atom is 0.279 e. The topological polar surface area (TPSA) is 92.3 Å². The summed E-state index contributed by atoms with van der Waals surface area (Å²) in [5, 5.41) is 0. The van der Waals surface area contributed by atoms with E-state index in [4.69, 9.17) is 0 Å². The molecule has 2 aromatic rings. The number of carbonyl (C=O) groups excluding carboxylic acids is 2. The van der Waals surface area contributed by atoms with Crippen LogP contribution in [-0.4, -0.2) is 26.5 Å². The number of amides is 2. The maximum absolute atomic E-state index is 12.3. The summed E-state index contributed by atoms with van der Waals surface area (Å²) in [7, 11) is -3.12. The third-order valence-corrected chi connectivity index (χ3v) is 6.58. The van der Waals surface area contributed by atoms with Crippen molar-refractivity contribution >= 4 is 33.0 Å². The third-order valence-electron chi connectivity index (χ3n) is 4.49. The highest BCUT2D eigenvalue weighted by molar-refractivity contribution is 7.89. The fourth-order valence-electron chi connectivity index (χ4n) is 3.12. The molecule has 6 nitrogen and oxygen atoms in total. The summed E-state index contributed by atoms with van der Waals surface area (Å²) in [4.78, 5) is 26.3. The van der Waals surface area contributed by atoms with Crippen molar-refractivity contribution in [1.82, 2.24) is 10.9 Å². The predicted molar refractivity (Wildman–Crippen MR) is 105 cm³/mol. The Labute approximate surface area is 162 Å². The molecule has 0 fully saturated rings. The molecule has 8 heteroatoms. The highest BCUT2D eigenvalue weighted by atomic mass is 32.2. The molecule has 0 bridgehead atoms. The largest absolute Gasteiger partial charge is 0.279 e. The van der Waals surface area contributed by atoms with Gasteiger partial charge in [0.15, 0.2) is 9.84 Å². The van der Waals surface area contributed by atoms with Gasteiger partial charge in [-0.2, -0.15) is 0 Å². The zero-order valence-corrected chi connectivity index (χ0v) is 16.9. The molecular formula is C19H22N2O4S2. The van der Waals surface area contributed by atoms with Gasteiger partial charge in [-0.1, -0.05) is 19.1 Å². The number of rotatable bonds is 4. The van der Waals surface area contributed by atoms with E-state index in [2.05, 4.69) is 17.8 Å². The van der Waals surface area contributed by atoms with Gasteiger partial charge in [-0.05, 0) is 54.5 Å². The SMILES string of the molecule is CC1CCc2sc(C(=O)NNC(=O)c3ccc(CS(C)(=O)=O)cc3)cc2C1. The molecule has 144 valence electrons. The number of carbonyl (C=O) groups is 2. The first-order valence-corrected chi connectivity index (χ1v) is 11.6. The van der Waals surface area contributed by atoms with E-state index in [1.54, 1.807) is 12.1 Å². The molecule has 0 spiro atoms. The number of fused-ring (bicyclic) bond motifs is 1. The number of thiophene rings is 1. The summed E-state index contributed by atoms with van der Waals surface area (Å²) in [6.07, 6.45) is 4.29. The van der Waals surface area contributed by atoms with Crippen LogP contribution in [0.1, 0.15) is 49.4 Å². The van der Waals surface area contributed by atoms with Crippen LogP contribution in [0.2, 0.25) is 0 Å². The van der Waals surface area contributed by atoms with Gasteiger partial charge >= 0.3 is 0 Å². The number of benzene rings is 1. The smallest absolute Gasteiger partial charge is 0.267 e. The van der Waals surface area contributed by atoms with E-state index in [9.17, 15) is 18.0 Å². The lowest BCUT2D eigenvalue weighted by molar-refractivity contribution is 0.0849. The van der Waals surface area contributed by atoms with Crippen LogP contribution in [0.25, 0.3) is 0 Å². The second-order valence-corrected chi connectivity index (χ2v) is 10.4. The van der Waals surface area contributed by atoms with E-state index >= 15 is 0 Å². The minimum atomic E-state index is -3.12. The highest BCUT2D eigenvalue weighted by Gasteiger charge is 2.21. The van der Waals surface area contributed by atoms with Gasteiger partial charge < -0.3 is 0 Å². The molecule has 2 amide bonds. The molecule has 1 aliphatic carbocycles. The van der Waals surface area contributed by atoms with Crippen molar-refractivity contribution in [3.05, 3.63) is 56.8 Å². The minimum absolute atomic E-state index is 0.0761. The van der Waals surface area contributed by atoms with E-state index in [-0.39, 0.29) is 11.7 Å². The Morgan fingerprint density at radius 2 is 1.81 bits per heavy atom. The lowest BCUT2D eigenvalue weighted by Gasteiger charge is -2.16. The quantitative estimate of drug-likeness (QED) is 0.763. The Hall–Kier alpha value is -2.19. The van der Waals surface area contributed by atoms with Crippen LogP contribution in [0.3, 0.4) is 0 Å². The van der Waals surface area contributed by atoms with E-state index in [0.29, 0.717) is 21.9 Å². The zero-order valence-electron chi connectivity index (χ0n) is 15.2. The van der Waals surface area contributed by atoms with Gasteiger partial charge in [0.1, 0.15) is 0 Å². The summed E-state index contributed by atoms with van der Waals surface area (Å²) in [6, 6.07) is 8.16. The summed E-state index contributed by atoms with van der Waals surface area (Å²) < 4.78 is 22.6. The molecule has 2 N–H and O–H groups in total. The van der Waals surface area contributed by atoms with Gasteiger partial charge in [-0.15, -0.1) is 11.3 Å². The number of hydrazine groups is 1. The van der Waals surface area contributed by atoms with Crippen molar-refractivity contribution in [2.24, 2.45) is 5.92 Å². The Balaban J connectivity index is 1.58. The summed E-state index contributed by atoms with van der Waals surface area (Å²) in [5.41, 5.74) is 7.03. The molecule has 3 rings (SSSR count). The fraction of sp³-hybridized carbons (Fsp3) is 0.368. The molecule has 1 atom stereocenters. The standard InChI is InChI=1S/C19H22N2O4S2/c1-12-3-8-16-15(9-12)10-17(26-16)19(23)21-20-18(22)14-6-4-13(5-7-14)11-27(2,24)25/h4-7,10,12H,3,8-9,11H2,1-2H3,(H,20,22)(H,21,23). The Kier molecular flexibility index (Phi) is 5.67. The molecule has 1 heterocycles. The minimum Gasteiger partial charge on any atom is -0.267 e. The Morgan fingerprint density at radius 1 is 1.15 bits per heavy atom. The fourth-order valence-corrected chi connectivity index (χ4v) is 5.02. The second-order valence-electron chi connectivity index (χ2n) is 7.08. The molecule has 27 heavy (non-hydrogen) atoms. The van der Waals surface area contributed by atoms with Crippen LogP contribution in [0, 0.1) is 5.92 Å². The summed E-state index contributed by atoms with van der Waals surface area (Å²) in [5.74, 6) is -0.227. The number of hydrogen-bond donors (Lipinski definition) is 2. The third kappa shape index (κ3) is 5.17.